The van der Waals surface area contributed by atoms with Gasteiger partial charge in [0.2, 0.25) is 5.95 Å². The quantitative estimate of drug-likeness (QED) is 0.459. The normalized spacial score (nSPS) is 29.2. The Balaban J connectivity index is 1.57. The summed E-state index contributed by atoms with van der Waals surface area (Å²) >= 11 is 0. The van der Waals surface area contributed by atoms with E-state index in [0.717, 1.165) is 6.42 Å². The van der Waals surface area contributed by atoms with Gasteiger partial charge in [0.1, 0.15) is 18.3 Å². The summed E-state index contributed by atoms with van der Waals surface area (Å²) in [5.74, 6) is 0.748. The summed E-state index contributed by atoms with van der Waals surface area (Å²) in [4.78, 5) is 25.7. The Kier molecular flexibility index (Phi) is 4.78. The van der Waals surface area contributed by atoms with Crippen LogP contribution in [0.4, 0.5) is 5.95 Å². The van der Waals surface area contributed by atoms with Gasteiger partial charge in [-0.2, -0.15) is 0 Å². The zero-order valence-corrected chi connectivity index (χ0v) is 16.1. The van der Waals surface area contributed by atoms with Crippen molar-refractivity contribution >= 4 is 17.1 Å². The third-order valence-corrected chi connectivity index (χ3v) is 5.98. The first-order chi connectivity index (χ1) is 14.6. The Morgan fingerprint density at radius 1 is 1.20 bits per heavy atom. The first-order valence-corrected chi connectivity index (χ1v) is 9.96. The molecule has 2 saturated heterocycles. The Labute approximate surface area is 171 Å². The Morgan fingerprint density at radius 3 is 2.73 bits per heavy atom. The van der Waals surface area contributed by atoms with Crippen molar-refractivity contribution in [2.75, 3.05) is 24.6 Å². The summed E-state index contributed by atoms with van der Waals surface area (Å²) in [6.07, 6.45) is -2.34. The minimum Gasteiger partial charge on any atom is -0.394 e. The summed E-state index contributed by atoms with van der Waals surface area (Å²) in [6, 6.07) is 10.2. The van der Waals surface area contributed by atoms with Gasteiger partial charge in [0, 0.05) is 19.0 Å². The van der Waals surface area contributed by atoms with E-state index in [1.807, 2.05) is 23.1 Å². The maximum absolute atomic E-state index is 12.3. The molecule has 2 aliphatic rings. The molecule has 0 unspecified atom stereocenters. The van der Waals surface area contributed by atoms with E-state index < -0.39 is 36.7 Å². The van der Waals surface area contributed by atoms with Gasteiger partial charge in [0.25, 0.3) is 5.56 Å². The number of nitrogens with one attached hydrogen (secondary N) is 1. The number of anilines is 1. The zero-order valence-electron chi connectivity index (χ0n) is 16.1. The van der Waals surface area contributed by atoms with Crippen molar-refractivity contribution in [3.8, 4) is 0 Å². The maximum Gasteiger partial charge on any atom is 0.278 e. The summed E-state index contributed by atoms with van der Waals surface area (Å²) in [7, 11) is 0. The van der Waals surface area contributed by atoms with Crippen molar-refractivity contribution in [1.82, 2.24) is 19.5 Å². The van der Waals surface area contributed by atoms with Gasteiger partial charge < -0.3 is 29.9 Å². The topological polar surface area (TPSA) is 137 Å². The standard InChI is InChI=1S/C20H23N5O5/c26-9-13-15(27)16(28)19(30-13)25-17-14(18(29)22-10-21-17)23-20(25)24-7-6-12(8-24)11-4-2-1-3-5-11/h1-5,10,12-13,15-16,19,26-28H,6-9H2,(H,21,22,29)/t12-,13+,15+,16+,19+/m0/s1. The van der Waals surface area contributed by atoms with Gasteiger partial charge in [0.15, 0.2) is 17.4 Å². The van der Waals surface area contributed by atoms with E-state index >= 15 is 0 Å². The lowest BCUT2D eigenvalue weighted by Gasteiger charge is -2.24. The average Bonchev–Trinajstić information content (AvgIpc) is 3.46. The number of rotatable bonds is 4. The predicted molar refractivity (Wildman–Crippen MR) is 107 cm³/mol. The molecule has 0 saturated carbocycles. The van der Waals surface area contributed by atoms with Crippen LogP contribution in [-0.2, 0) is 4.74 Å². The van der Waals surface area contributed by atoms with Gasteiger partial charge in [-0.05, 0) is 12.0 Å². The van der Waals surface area contributed by atoms with Gasteiger partial charge in [-0.25, -0.2) is 9.97 Å². The molecular weight excluding hydrogens is 390 g/mol. The molecule has 10 heteroatoms. The molecule has 0 radical (unpaired) electrons. The number of hydrogen-bond donors (Lipinski definition) is 4. The molecule has 1 aromatic carbocycles. The van der Waals surface area contributed by atoms with Crippen molar-refractivity contribution in [2.45, 2.75) is 36.9 Å². The largest absolute Gasteiger partial charge is 0.394 e. The molecular formula is C20H23N5O5. The second kappa shape index (κ2) is 7.47. The third-order valence-electron chi connectivity index (χ3n) is 5.98. The molecule has 30 heavy (non-hydrogen) atoms. The van der Waals surface area contributed by atoms with Crippen LogP contribution < -0.4 is 10.5 Å². The molecule has 0 bridgehead atoms. The van der Waals surface area contributed by atoms with Gasteiger partial charge in [-0.15, -0.1) is 0 Å². The minimum absolute atomic E-state index is 0.133. The van der Waals surface area contributed by atoms with Crippen molar-refractivity contribution in [3.63, 3.8) is 0 Å². The van der Waals surface area contributed by atoms with Crippen molar-refractivity contribution in [2.24, 2.45) is 0 Å². The Hall–Kier alpha value is -2.79. The monoisotopic (exact) mass is 413 g/mol. The highest BCUT2D eigenvalue weighted by Crippen LogP contribution is 2.37. The highest BCUT2D eigenvalue weighted by atomic mass is 16.6. The summed E-state index contributed by atoms with van der Waals surface area (Å²) < 4.78 is 7.29. The number of aliphatic hydroxyl groups excluding tert-OH is 3. The van der Waals surface area contributed by atoms with E-state index in [2.05, 4.69) is 27.1 Å². The number of benzene rings is 1. The number of H-pyrrole nitrogens is 1. The van der Waals surface area contributed by atoms with Crippen LogP contribution >= 0.6 is 0 Å². The molecule has 0 spiro atoms. The number of aliphatic hydroxyl groups is 3. The maximum atomic E-state index is 12.3. The smallest absolute Gasteiger partial charge is 0.278 e. The zero-order chi connectivity index (χ0) is 20.8. The summed E-state index contributed by atoms with van der Waals surface area (Å²) in [5, 5.41) is 30.3. The number of fused-ring (bicyclic) bond motifs is 1. The lowest BCUT2D eigenvalue weighted by molar-refractivity contribution is -0.0504. The molecule has 5 rings (SSSR count). The molecule has 5 atom stereocenters. The van der Waals surface area contributed by atoms with E-state index in [0.29, 0.717) is 25.0 Å². The van der Waals surface area contributed by atoms with Crippen molar-refractivity contribution in [3.05, 3.63) is 52.6 Å². The number of hydrogen-bond acceptors (Lipinski definition) is 8. The van der Waals surface area contributed by atoms with Gasteiger partial charge in [-0.3, -0.25) is 9.36 Å². The molecule has 2 fully saturated rings. The van der Waals surface area contributed by atoms with Crippen molar-refractivity contribution in [1.29, 1.82) is 0 Å². The van der Waals surface area contributed by atoms with Crippen LogP contribution in [0.5, 0.6) is 0 Å². The molecule has 2 aliphatic heterocycles. The van der Waals surface area contributed by atoms with E-state index in [9.17, 15) is 20.1 Å². The molecule has 4 N–H and O–H groups in total. The molecule has 0 amide bonds. The minimum atomic E-state index is -1.30. The fraction of sp³-hybridized carbons (Fsp3) is 0.450. The van der Waals surface area contributed by atoms with Crippen LogP contribution in [0.2, 0.25) is 0 Å². The first kappa shape index (κ1) is 19.2. The highest BCUT2D eigenvalue weighted by molar-refractivity contribution is 5.74. The van der Waals surface area contributed by atoms with Crippen LogP contribution in [0, 0.1) is 0 Å². The lowest BCUT2D eigenvalue weighted by Crippen LogP contribution is -2.34. The average molecular weight is 413 g/mol. The Morgan fingerprint density at radius 2 is 2.00 bits per heavy atom. The summed E-state index contributed by atoms with van der Waals surface area (Å²) in [5.41, 5.74) is 1.22. The Bertz CT molecular complexity index is 1100. The van der Waals surface area contributed by atoms with Crippen LogP contribution in [-0.4, -0.2) is 72.8 Å². The van der Waals surface area contributed by atoms with Crippen molar-refractivity contribution < 1.29 is 20.1 Å². The molecule has 2 aromatic heterocycles. The number of aromatic amines is 1. The van der Waals surface area contributed by atoms with E-state index in [1.165, 1.54) is 11.9 Å². The number of ether oxygens (including phenoxy) is 1. The van der Waals surface area contributed by atoms with Gasteiger partial charge in [-0.1, -0.05) is 30.3 Å². The fourth-order valence-corrected chi connectivity index (χ4v) is 4.40. The number of imidazole rings is 1. The van der Waals surface area contributed by atoms with Crippen LogP contribution in [0.3, 0.4) is 0 Å². The highest BCUT2D eigenvalue weighted by Gasteiger charge is 2.45. The van der Waals surface area contributed by atoms with Gasteiger partial charge in [0.05, 0.1) is 12.9 Å². The van der Waals surface area contributed by atoms with Gasteiger partial charge >= 0.3 is 0 Å². The number of aromatic nitrogens is 4. The fourth-order valence-electron chi connectivity index (χ4n) is 4.40. The second-order valence-corrected chi connectivity index (χ2v) is 7.76. The first-order valence-electron chi connectivity index (χ1n) is 9.96. The van der Waals surface area contributed by atoms with E-state index in [-0.39, 0.29) is 11.2 Å². The predicted octanol–water partition coefficient (Wildman–Crippen LogP) is -0.275. The lowest BCUT2D eigenvalue weighted by atomic mass is 9.99. The number of nitrogens with zero attached hydrogens (tertiary/aromatic N) is 4. The van der Waals surface area contributed by atoms with Crippen LogP contribution in [0.15, 0.2) is 41.5 Å². The second-order valence-electron chi connectivity index (χ2n) is 7.76. The molecule has 4 heterocycles. The molecule has 3 aromatic rings. The molecule has 0 aliphatic carbocycles. The van der Waals surface area contributed by atoms with Crippen LogP contribution in [0.1, 0.15) is 24.1 Å². The third kappa shape index (κ3) is 3.00. The SMILES string of the molecule is O=c1[nH]cnc2c1nc(N1CC[C@H](c3ccccc3)C1)n2[C@@H]1O[C@H](CO)[C@@H](O)[C@H]1O. The van der Waals surface area contributed by atoms with E-state index in [4.69, 9.17) is 4.74 Å². The van der Waals surface area contributed by atoms with Crippen LogP contribution in [0.25, 0.3) is 11.2 Å². The summed E-state index contributed by atoms with van der Waals surface area (Å²) in [6.45, 7) is 0.945. The molecule has 158 valence electrons. The molecule has 10 nitrogen and oxygen atoms in total. The van der Waals surface area contributed by atoms with E-state index in [1.54, 1.807) is 4.57 Å².